The van der Waals surface area contributed by atoms with E-state index < -0.39 is 0 Å². The zero-order valence-electron chi connectivity index (χ0n) is 10.4. The van der Waals surface area contributed by atoms with Crippen molar-refractivity contribution in [2.24, 2.45) is 0 Å². The van der Waals surface area contributed by atoms with Crippen LogP contribution in [0, 0.1) is 3.57 Å². The molecule has 0 radical (unpaired) electrons. The Bertz CT molecular complexity index is 664. The first-order valence-electron chi connectivity index (χ1n) is 5.61. The van der Waals surface area contributed by atoms with Gasteiger partial charge in [0.15, 0.2) is 0 Å². The highest BCUT2D eigenvalue weighted by Gasteiger charge is 2.13. The van der Waals surface area contributed by atoms with E-state index in [1.807, 2.05) is 6.07 Å². The van der Waals surface area contributed by atoms with Crippen molar-refractivity contribution < 1.29 is 9.53 Å². The van der Waals surface area contributed by atoms with Gasteiger partial charge in [-0.05, 0) is 74.9 Å². The van der Waals surface area contributed by atoms with Crippen molar-refractivity contribution in [1.82, 2.24) is 0 Å². The molecule has 0 heterocycles. The van der Waals surface area contributed by atoms with Crippen molar-refractivity contribution in [3.63, 3.8) is 0 Å². The fourth-order valence-electron chi connectivity index (χ4n) is 1.59. The first-order valence-corrected chi connectivity index (χ1v) is 7.86. The monoisotopic (exact) mass is 465 g/mol. The summed E-state index contributed by atoms with van der Waals surface area (Å²) >= 11 is 11.6. The fourth-order valence-corrected chi connectivity index (χ4v) is 2.92. The summed E-state index contributed by atoms with van der Waals surface area (Å²) in [6.45, 7) is 0. The van der Waals surface area contributed by atoms with Crippen LogP contribution in [0.4, 0.5) is 5.69 Å². The van der Waals surface area contributed by atoms with Gasteiger partial charge in [-0.2, -0.15) is 0 Å². The van der Waals surface area contributed by atoms with Crippen molar-refractivity contribution in [2.75, 3.05) is 12.4 Å². The van der Waals surface area contributed by atoms with Gasteiger partial charge in [-0.3, -0.25) is 4.79 Å². The summed E-state index contributed by atoms with van der Waals surface area (Å²) in [6.07, 6.45) is 0. The largest absolute Gasteiger partial charge is 0.497 e. The number of nitrogens with one attached hydrogen (secondary N) is 1. The second kappa shape index (κ2) is 6.78. The predicted molar refractivity (Wildman–Crippen MR) is 92.8 cm³/mol. The van der Waals surface area contributed by atoms with Crippen LogP contribution in [0.2, 0.25) is 5.02 Å². The molecule has 2 aromatic carbocycles. The number of carbonyl (C=O) groups excluding carboxylic acids is 1. The number of ether oxygens (including phenoxy) is 1. The Kier molecular flexibility index (Phi) is 5.29. The van der Waals surface area contributed by atoms with Crippen LogP contribution in [0.25, 0.3) is 0 Å². The minimum absolute atomic E-state index is 0.251. The summed E-state index contributed by atoms with van der Waals surface area (Å²) < 4.78 is 6.82. The number of hydrogen-bond acceptors (Lipinski definition) is 2. The number of carbonyl (C=O) groups is 1. The zero-order chi connectivity index (χ0) is 14.7. The van der Waals surface area contributed by atoms with Crippen molar-refractivity contribution in [3.8, 4) is 5.75 Å². The minimum atomic E-state index is -0.251. The van der Waals surface area contributed by atoms with E-state index in [1.165, 1.54) is 0 Å². The minimum Gasteiger partial charge on any atom is -0.497 e. The third kappa shape index (κ3) is 3.65. The molecular weight excluding hydrogens is 456 g/mol. The van der Waals surface area contributed by atoms with E-state index in [4.69, 9.17) is 16.3 Å². The molecule has 0 aliphatic carbocycles. The van der Waals surface area contributed by atoms with Crippen molar-refractivity contribution >= 4 is 61.7 Å². The van der Waals surface area contributed by atoms with Crippen LogP contribution in [0.15, 0.2) is 40.9 Å². The molecule has 0 fully saturated rings. The van der Waals surface area contributed by atoms with Crippen molar-refractivity contribution in [3.05, 3.63) is 55.0 Å². The molecule has 0 unspecified atom stereocenters. The van der Waals surface area contributed by atoms with Crippen molar-refractivity contribution in [1.29, 1.82) is 0 Å². The number of halogens is 3. The van der Waals surface area contributed by atoms with Gasteiger partial charge in [0.1, 0.15) is 5.75 Å². The van der Waals surface area contributed by atoms with Crippen LogP contribution in [0.3, 0.4) is 0 Å². The van der Waals surface area contributed by atoms with Gasteiger partial charge in [0.2, 0.25) is 0 Å². The summed E-state index contributed by atoms with van der Waals surface area (Å²) in [7, 11) is 1.56. The molecule has 0 atom stereocenters. The number of rotatable bonds is 3. The molecule has 3 nitrogen and oxygen atoms in total. The Morgan fingerprint density at radius 2 is 2.05 bits per heavy atom. The first-order chi connectivity index (χ1) is 9.51. The summed E-state index contributed by atoms with van der Waals surface area (Å²) in [5.74, 6) is 0.367. The average Bonchev–Trinajstić information content (AvgIpc) is 2.42. The van der Waals surface area contributed by atoms with Gasteiger partial charge in [0.05, 0.1) is 23.4 Å². The Labute approximate surface area is 143 Å². The molecule has 104 valence electrons. The Morgan fingerprint density at radius 3 is 2.70 bits per heavy atom. The summed E-state index contributed by atoms with van der Waals surface area (Å²) in [4.78, 5) is 12.3. The van der Waals surface area contributed by atoms with Crippen LogP contribution >= 0.6 is 50.1 Å². The molecule has 2 rings (SSSR count). The van der Waals surface area contributed by atoms with Gasteiger partial charge in [0.25, 0.3) is 5.91 Å². The highest BCUT2D eigenvalue weighted by atomic mass is 127. The topological polar surface area (TPSA) is 38.3 Å². The molecule has 0 aromatic heterocycles. The normalized spacial score (nSPS) is 10.2. The van der Waals surface area contributed by atoms with E-state index in [2.05, 4.69) is 43.8 Å². The van der Waals surface area contributed by atoms with Crippen LogP contribution in [-0.4, -0.2) is 13.0 Å². The predicted octanol–water partition coefficient (Wildman–Crippen LogP) is 4.97. The van der Waals surface area contributed by atoms with E-state index in [0.717, 1.165) is 3.57 Å². The lowest BCUT2D eigenvalue weighted by atomic mass is 10.2. The first kappa shape index (κ1) is 15.6. The number of methoxy groups -OCH3 is 1. The van der Waals surface area contributed by atoms with Gasteiger partial charge in [0, 0.05) is 8.04 Å². The van der Waals surface area contributed by atoms with Gasteiger partial charge >= 0.3 is 0 Å². The standard InChI is InChI=1S/C14H10BrClINO2/c1-20-9-3-4-11(15)10(7-9)14(19)18-13-5-2-8(17)6-12(13)16/h2-7H,1H3,(H,18,19). The summed E-state index contributed by atoms with van der Waals surface area (Å²) in [5.41, 5.74) is 1.06. The molecule has 1 N–H and O–H groups in total. The van der Waals surface area contributed by atoms with Crippen LogP contribution in [-0.2, 0) is 0 Å². The van der Waals surface area contributed by atoms with Gasteiger partial charge in [-0.15, -0.1) is 0 Å². The molecule has 20 heavy (non-hydrogen) atoms. The summed E-state index contributed by atoms with van der Waals surface area (Å²) in [6, 6.07) is 10.7. The maximum absolute atomic E-state index is 12.3. The SMILES string of the molecule is COc1ccc(Br)c(C(=O)Nc2ccc(I)cc2Cl)c1. The lowest BCUT2D eigenvalue weighted by molar-refractivity contribution is 0.102. The smallest absolute Gasteiger partial charge is 0.256 e. The second-order valence-corrected chi connectivity index (χ2v) is 6.43. The number of amides is 1. The van der Waals surface area contributed by atoms with Gasteiger partial charge in [-0.25, -0.2) is 0 Å². The molecule has 0 spiro atoms. The van der Waals surface area contributed by atoms with E-state index in [9.17, 15) is 4.79 Å². The number of anilines is 1. The third-order valence-corrected chi connectivity index (χ3v) is 4.27. The maximum Gasteiger partial charge on any atom is 0.256 e. The highest BCUT2D eigenvalue weighted by Crippen LogP contribution is 2.27. The average molecular weight is 466 g/mol. The molecule has 0 bridgehead atoms. The second-order valence-electron chi connectivity index (χ2n) is 3.92. The van der Waals surface area contributed by atoms with Crippen molar-refractivity contribution in [2.45, 2.75) is 0 Å². The van der Waals surface area contributed by atoms with Gasteiger partial charge < -0.3 is 10.1 Å². The Hall–Kier alpha value is -0.790. The Balaban J connectivity index is 2.28. The fraction of sp³-hybridized carbons (Fsp3) is 0.0714. The maximum atomic E-state index is 12.3. The van der Waals surface area contributed by atoms with Crippen LogP contribution < -0.4 is 10.1 Å². The van der Waals surface area contributed by atoms with Gasteiger partial charge in [-0.1, -0.05) is 11.6 Å². The molecular formula is C14H10BrClINO2. The van der Waals surface area contributed by atoms with Crippen LogP contribution in [0.5, 0.6) is 5.75 Å². The lowest BCUT2D eigenvalue weighted by Crippen LogP contribution is -2.13. The lowest BCUT2D eigenvalue weighted by Gasteiger charge is -2.10. The molecule has 6 heteroatoms. The number of hydrogen-bond donors (Lipinski definition) is 1. The third-order valence-electron chi connectivity index (χ3n) is 2.60. The van der Waals surface area contributed by atoms with Crippen LogP contribution in [0.1, 0.15) is 10.4 Å². The molecule has 2 aromatic rings. The van der Waals surface area contributed by atoms with E-state index >= 15 is 0 Å². The molecule has 0 saturated heterocycles. The molecule has 1 amide bonds. The quantitative estimate of drug-likeness (QED) is 0.649. The molecule has 0 aliphatic rings. The highest BCUT2D eigenvalue weighted by molar-refractivity contribution is 14.1. The molecule has 0 saturated carbocycles. The molecule has 0 aliphatic heterocycles. The van der Waals surface area contributed by atoms with E-state index in [0.29, 0.717) is 26.5 Å². The Morgan fingerprint density at radius 1 is 1.30 bits per heavy atom. The number of benzene rings is 2. The zero-order valence-corrected chi connectivity index (χ0v) is 14.9. The summed E-state index contributed by atoms with van der Waals surface area (Å²) in [5, 5.41) is 3.29. The van der Waals surface area contributed by atoms with E-state index in [1.54, 1.807) is 37.4 Å². The van der Waals surface area contributed by atoms with E-state index in [-0.39, 0.29) is 5.91 Å².